The smallest absolute Gasteiger partial charge is 0.242 e. The van der Waals surface area contributed by atoms with Gasteiger partial charge in [-0.15, -0.1) is 11.3 Å². The highest BCUT2D eigenvalue weighted by Crippen LogP contribution is 2.27. The van der Waals surface area contributed by atoms with E-state index in [2.05, 4.69) is 20.7 Å². The van der Waals surface area contributed by atoms with Crippen molar-refractivity contribution in [3.8, 4) is 0 Å². The molecule has 2 aromatic rings. The Labute approximate surface area is 158 Å². The van der Waals surface area contributed by atoms with Crippen LogP contribution in [-0.4, -0.2) is 37.9 Å². The third kappa shape index (κ3) is 5.01. The largest absolute Gasteiger partial charge is 0.294 e. The van der Waals surface area contributed by atoms with Crippen molar-refractivity contribution in [3.05, 3.63) is 45.9 Å². The fraction of sp³-hybridized carbons (Fsp3) is 0.471. The molecule has 3 heterocycles. The number of sulfonamides is 1. The first kappa shape index (κ1) is 18.8. The summed E-state index contributed by atoms with van der Waals surface area (Å²) in [6.45, 7) is 2.37. The van der Waals surface area contributed by atoms with E-state index in [1.54, 1.807) is 11.3 Å². The molecule has 0 spiro atoms. The Morgan fingerprint density at radius 1 is 1.20 bits per heavy atom. The van der Waals surface area contributed by atoms with Gasteiger partial charge in [0.05, 0.1) is 6.04 Å². The van der Waals surface area contributed by atoms with Crippen molar-refractivity contribution in [2.45, 2.75) is 36.6 Å². The minimum atomic E-state index is -3.60. The van der Waals surface area contributed by atoms with Crippen LogP contribution in [0.4, 0.5) is 0 Å². The van der Waals surface area contributed by atoms with Crippen molar-refractivity contribution in [2.24, 2.45) is 0 Å². The van der Waals surface area contributed by atoms with Gasteiger partial charge < -0.3 is 0 Å². The van der Waals surface area contributed by atoms with E-state index in [9.17, 15) is 8.42 Å². The van der Waals surface area contributed by atoms with Crippen LogP contribution in [0.2, 0.25) is 5.15 Å². The van der Waals surface area contributed by atoms with Crippen LogP contribution in [-0.2, 0) is 10.0 Å². The third-order valence-corrected chi connectivity index (χ3v) is 7.04. The second kappa shape index (κ2) is 8.60. The highest BCUT2D eigenvalue weighted by atomic mass is 35.5. The molecule has 1 fully saturated rings. The predicted molar refractivity (Wildman–Crippen MR) is 102 cm³/mol. The summed E-state index contributed by atoms with van der Waals surface area (Å²) in [7, 11) is -3.60. The average Bonchev–Trinajstić information content (AvgIpc) is 2.98. The molecule has 0 radical (unpaired) electrons. The van der Waals surface area contributed by atoms with E-state index in [-0.39, 0.29) is 16.1 Å². The Bertz CT molecular complexity index is 756. The SMILES string of the molecule is O=S(=O)(NCC(c1cccs1)N1CCCCCC1)c1ccc(Cl)nc1. The number of nitrogens with one attached hydrogen (secondary N) is 1. The van der Waals surface area contributed by atoms with E-state index in [4.69, 9.17) is 11.6 Å². The quantitative estimate of drug-likeness (QED) is 0.752. The van der Waals surface area contributed by atoms with Crippen LogP contribution in [0.15, 0.2) is 40.7 Å². The van der Waals surface area contributed by atoms with Crippen molar-refractivity contribution in [1.29, 1.82) is 0 Å². The van der Waals surface area contributed by atoms with Gasteiger partial charge in [0, 0.05) is 17.6 Å². The topological polar surface area (TPSA) is 62.3 Å². The molecule has 1 unspecified atom stereocenters. The first-order chi connectivity index (χ1) is 12.1. The zero-order valence-electron chi connectivity index (χ0n) is 13.9. The Morgan fingerprint density at radius 3 is 2.56 bits per heavy atom. The summed E-state index contributed by atoms with van der Waals surface area (Å²) < 4.78 is 27.9. The summed E-state index contributed by atoms with van der Waals surface area (Å²) in [5, 5.41) is 2.32. The molecule has 136 valence electrons. The molecule has 3 rings (SSSR count). The van der Waals surface area contributed by atoms with Crippen LogP contribution in [0.25, 0.3) is 0 Å². The Kier molecular flexibility index (Phi) is 6.46. The summed E-state index contributed by atoms with van der Waals surface area (Å²) in [4.78, 5) is 7.60. The minimum Gasteiger partial charge on any atom is -0.294 e. The zero-order valence-corrected chi connectivity index (χ0v) is 16.3. The normalized spacial score (nSPS) is 18.0. The van der Waals surface area contributed by atoms with E-state index >= 15 is 0 Å². The fourth-order valence-corrected chi connectivity index (χ4v) is 5.05. The van der Waals surface area contributed by atoms with Gasteiger partial charge >= 0.3 is 0 Å². The lowest BCUT2D eigenvalue weighted by molar-refractivity contribution is 0.209. The molecule has 0 amide bonds. The van der Waals surface area contributed by atoms with Crippen molar-refractivity contribution < 1.29 is 8.42 Å². The van der Waals surface area contributed by atoms with Crippen LogP contribution in [0.5, 0.6) is 0 Å². The minimum absolute atomic E-state index is 0.0631. The van der Waals surface area contributed by atoms with E-state index in [0.717, 1.165) is 25.9 Å². The number of pyridine rings is 1. The molecule has 0 aliphatic carbocycles. The highest BCUT2D eigenvalue weighted by Gasteiger charge is 2.25. The van der Waals surface area contributed by atoms with Crippen LogP contribution in [0, 0.1) is 0 Å². The van der Waals surface area contributed by atoms with Crippen molar-refractivity contribution in [1.82, 2.24) is 14.6 Å². The number of likely N-dealkylation sites (tertiary alicyclic amines) is 1. The van der Waals surface area contributed by atoms with Crippen molar-refractivity contribution in [3.63, 3.8) is 0 Å². The molecule has 0 bridgehead atoms. The summed E-state index contributed by atoms with van der Waals surface area (Å²) in [6, 6.07) is 7.12. The molecule has 1 atom stereocenters. The maximum atomic E-state index is 12.6. The molecule has 2 aromatic heterocycles. The molecule has 5 nitrogen and oxygen atoms in total. The molecular formula is C17H22ClN3O2S2. The van der Waals surface area contributed by atoms with E-state index < -0.39 is 10.0 Å². The molecule has 1 aliphatic rings. The van der Waals surface area contributed by atoms with Gasteiger partial charge in [-0.1, -0.05) is 30.5 Å². The number of hydrogen-bond acceptors (Lipinski definition) is 5. The molecule has 8 heteroatoms. The number of aromatic nitrogens is 1. The second-order valence-corrected chi connectivity index (χ2v) is 9.28. The van der Waals surface area contributed by atoms with Crippen LogP contribution in [0.1, 0.15) is 36.6 Å². The Morgan fingerprint density at radius 2 is 1.96 bits per heavy atom. The summed E-state index contributed by atoms with van der Waals surface area (Å²) in [5.41, 5.74) is 0. The van der Waals surface area contributed by atoms with Crippen molar-refractivity contribution >= 4 is 33.0 Å². The highest BCUT2D eigenvalue weighted by molar-refractivity contribution is 7.89. The van der Waals surface area contributed by atoms with Gasteiger partial charge in [-0.2, -0.15) is 0 Å². The van der Waals surface area contributed by atoms with Gasteiger partial charge in [-0.05, 0) is 49.5 Å². The number of halogens is 1. The molecule has 25 heavy (non-hydrogen) atoms. The van der Waals surface area contributed by atoms with Gasteiger partial charge in [0.15, 0.2) is 0 Å². The van der Waals surface area contributed by atoms with Crippen LogP contribution >= 0.6 is 22.9 Å². The zero-order chi connectivity index (χ0) is 17.7. The summed E-state index contributed by atoms with van der Waals surface area (Å²) in [6.07, 6.45) is 6.11. The van der Waals surface area contributed by atoms with E-state index in [0.29, 0.717) is 6.54 Å². The molecule has 1 saturated heterocycles. The lowest BCUT2D eigenvalue weighted by atomic mass is 10.2. The third-order valence-electron chi connectivity index (χ3n) is 4.43. The Hall–Kier alpha value is -0.990. The molecule has 1 aliphatic heterocycles. The molecule has 0 saturated carbocycles. The maximum absolute atomic E-state index is 12.6. The van der Waals surface area contributed by atoms with E-state index in [1.165, 1.54) is 36.0 Å². The molecule has 1 N–H and O–H groups in total. The van der Waals surface area contributed by atoms with Gasteiger partial charge in [0.1, 0.15) is 10.0 Å². The lowest BCUT2D eigenvalue weighted by Gasteiger charge is -2.30. The molecular weight excluding hydrogens is 378 g/mol. The summed E-state index contributed by atoms with van der Waals surface area (Å²) in [5.74, 6) is 0. The van der Waals surface area contributed by atoms with Gasteiger partial charge in [0.25, 0.3) is 0 Å². The first-order valence-electron chi connectivity index (χ1n) is 8.45. The first-order valence-corrected chi connectivity index (χ1v) is 11.2. The number of nitrogens with zero attached hydrogens (tertiary/aromatic N) is 2. The summed E-state index contributed by atoms with van der Waals surface area (Å²) >= 11 is 7.42. The van der Waals surface area contributed by atoms with Gasteiger partial charge in [-0.25, -0.2) is 18.1 Å². The number of thiophene rings is 1. The fourth-order valence-electron chi connectivity index (χ4n) is 3.09. The van der Waals surface area contributed by atoms with E-state index in [1.807, 2.05) is 11.4 Å². The monoisotopic (exact) mass is 399 g/mol. The van der Waals surface area contributed by atoms with Crippen LogP contribution in [0.3, 0.4) is 0 Å². The second-order valence-electron chi connectivity index (χ2n) is 6.15. The maximum Gasteiger partial charge on any atom is 0.242 e. The average molecular weight is 400 g/mol. The lowest BCUT2D eigenvalue weighted by Crippen LogP contribution is -2.38. The standard InChI is InChI=1S/C17H22ClN3O2S2/c18-17-8-7-14(12-19-17)25(22,23)20-13-15(16-6-5-11-24-16)21-9-3-1-2-4-10-21/h5-8,11-12,15,20H,1-4,9-10,13H2. The van der Waals surface area contributed by atoms with Crippen molar-refractivity contribution in [2.75, 3.05) is 19.6 Å². The van der Waals surface area contributed by atoms with Crippen LogP contribution < -0.4 is 4.72 Å². The number of hydrogen-bond donors (Lipinski definition) is 1. The number of rotatable bonds is 6. The molecule has 0 aromatic carbocycles. The van der Waals surface area contributed by atoms with Gasteiger partial charge in [0.2, 0.25) is 10.0 Å². The predicted octanol–water partition coefficient (Wildman–Crippen LogP) is 3.69. The Balaban J connectivity index is 1.75. The van der Waals surface area contributed by atoms with Gasteiger partial charge in [-0.3, -0.25) is 4.90 Å².